The smallest absolute Gasteiger partial charge is 0.347 e. The minimum absolute atomic E-state index is 0.186. The number of aliphatic hydroxyl groups is 1. The zero-order valence-electron chi connectivity index (χ0n) is 18.5. The maximum Gasteiger partial charge on any atom is 0.347 e. The molecule has 1 saturated heterocycles. The van der Waals surface area contributed by atoms with Gasteiger partial charge in [0.1, 0.15) is 19.2 Å². The van der Waals surface area contributed by atoms with Gasteiger partial charge in [0, 0.05) is 20.0 Å². The van der Waals surface area contributed by atoms with Gasteiger partial charge in [0.2, 0.25) is 5.60 Å². The van der Waals surface area contributed by atoms with Gasteiger partial charge in [0.15, 0.2) is 0 Å². The largest absolute Gasteiger partial charge is 0.457 e. The summed E-state index contributed by atoms with van der Waals surface area (Å²) in [5, 5.41) is 11.5. The quantitative estimate of drug-likeness (QED) is 0.339. The van der Waals surface area contributed by atoms with E-state index >= 15 is 0 Å². The lowest BCUT2D eigenvalue weighted by Gasteiger charge is -2.36. The second-order valence-corrected chi connectivity index (χ2v) is 8.37. The van der Waals surface area contributed by atoms with Crippen LogP contribution in [0.2, 0.25) is 0 Å². The van der Waals surface area contributed by atoms with Crippen molar-refractivity contribution < 1.29 is 28.6 Å². The first-order valence-electron chi connectivity index (χ1n) is 10.9. The van der Waals surface area contributed by atoms with Crippen LogP contribution in [0.25, 0.3) is 0 Å². The normalized spacial score (nSPS) is 21.2. The van der Waals surface area contributed by atoms with Gasteiger partial charge in [-0.15, -0.1) is 0 Å². The Labute approximate surface area is 184 Å². The number of likely N-dealkylation sites (tertiary alicyclic amines) is 1. The second-order valence-electron chi connectivity index (χ2n) is 8.37. The first-order chi connectivity index (χ1) is 15.0. The second kappa shape index (κ2) is 10.9. The summed E-state index contributed by atoms with van der Waals surface area (Å²) in [6, 6.07) is 18.1. The van der Waals surface area contributed by atoms with Crippen molar-refractivity contribution in [3.8, 4) is 0 Å². The molecule has 2 aromatic rings. The van der Waals surface area contributed by atoms with Crippen molar-refractivity contribution in [3.05, 3.63) is 71.8 Å². The standard InChI is InChI=1S/C25H34NO5/c1-26(16-17-30-19-18-29-2)15-9-14-23(26)20-31-24(27)25(28,21-10-5-3-6-11-21)22-12-7-4-8-13-22/h3-8,10-13,23,28H,9,14-20H2,1-2H3/q+1/t23-,26?/m0/s1. The number of hydrogen-bond acceptors (Lipinski definition) is 5. The lowest BCUT2D eigenvalue weighted by atomic mass is 9.86. The van der Waals surface area contributed by atoms with E-state index < -0.39 is 11.6 Å². The van der Waals surface area contributed by atoms with Crippen LogP contribution in [0.5, 0.6) is 0 Å². The molecule has 1 unspecified atom stereocenters. The van der Waals surface area contributed by atoms with E-state index in [1.165, 1.54) is 0 Å². The Balaban J connectivity index is 1.68. The Kier molecular flexibility index (Phi) is 8.21. The van der Waals surface area contributed by atoms with Crippen LogP contribution < -0.4 is 0 Å². The molecule has 2 atom stereocenters. The summed E-state index contributed by atoms with van der Waals surface area (Å²) in [5.74, 6) is -0.639. The SMILES string of the molecule is COCCOCC[N+]1(C)CCC[C@H]1COC(=O)C(O)(c1ccccc1)c1ccccc1. The van der Waals surface area contributed by atoms with Crippen LogP contribution in [0, 0.1) is 0 Å². The molecular formula is C25H34NO5+. The van der Waals surface area contributed by atoms with Crippen molar-refractivity contribution in [1.82, 2.24) is 0 Å². The number of hydrogen-bond donors (Lipinski definition) is 1. The monoisotopic (exact) mass is 428 g/mol. The molecule has 0 aromatic heterocycles. The highest BCUT2D eigenvalue weighted by Gasteiger charge is 2.44. The Hall–Kier alpha value is -2.25. The van der Waals surface area contributed by atoms with Crippen molar-refractivity contribution in [3.63, 3.8) is 0 Å². The topological polar surface area (TPSA) is 65.0 Å². The highest BCUT2D eigenvalue weighted by molar-refractivity contribution is 5.85. The van der Waals surface area contributed by atoms with Crippen LogP contribution in [0.15, 0.2) is 60.7 Å². The molecule has 0 radical (unpaired) electrons. The third-order valence-electron chi connectivity index (χ3n) is 6.35. The van der Waals surface area contributed by atoms with Crippen LogP contribution in [-0.2, 0) is 24.6 Å². The predicted octanol–water partition coefficient (Wildman–Crippen LogP) is 2.74. The highest BCUT2D eigenvalue weighted by atomic mass is 16.6. The molecule has 1 heterocycles. The van der Waals surface area contributed by atoms with Gasteiger partial charge in [-0.05, 0) is 11.1 Å². The first-order valence-corrected chi connectivity index (χ1v) is 10.9. The summed E-state index contributed by atoms with van der Waals surface area (Å²) in [7, 11) is 3.85. The molecular weight excluding hydrogens is 394 g/mol. The Morgan fingerprint density at radius 3 is 2.23 bits per heavy atom. The minimum atomic E-state index is -1.84. The molecule has 1 fully saturated rings. The van der Waals surface area contributed by atoms with E-state index in [9.17, 15) is 9.90 Å². The Bertz CT molecular complexity index is 774. The van der Waals surface area contributed by atoms with Crippen LogP contribution in [-0.4, -0.2) is 75.3 Å². The van der Waals surface area contributed by atoms with E-state index in [1.807, 2.05) is 36.4 Å². The van der Waals surface area contributed by atoms with E-state index in [2.05, 4.69) is 7.05 Å². The Morgan fingerprint density at radius 1 is 1.03 bits per heavy atom. The minimum Gasteiger partial charge on any atom is -0.457 e. The number of rotatable bonds is 11. The lowest BCUT2D eigenvalue weighted by Crippen LogP contribution is -2.52. The molecule has 0 saturated carbocycles. The summed E-state index contributed by atoms with van der Waals surface area (Å²) in [5.41, 5.74) is -0.837. The molecule has 0 aliphatic carbocycles. The number of quaternary nitrogens is 1. The molecule has 1 aliphatic rings. The van der Waals surface area contributed by atoms with E-state index in [4.69, 9.17) is 14.2 Å². The van der Waals surface area contributed by atoms with Crippen LogP contribution in [0.4, 0.5) is 0 Å². The number of likely N-dealkylation sites (N-methyl/N-ethyl adjacent to an activating group) is 1. The molecule has 0 amide bonds. The van der Waals surface area contributed by atoms with Crippen molar-refractivity contribution >= 4 is 5.97 Å². The molecule has 2 aromatic carbocycles. The van der Waals surface area contributed by atoms with Crippen molar-refractivity contribution in [2.24, 2.45) is 0 Å². The average molecular weight is 429 g/mol. The number of esters is 1. The van der Waals surface area contributed by atoms with E-state index in [-0.39, 0.29) is 12.6 Å². The summed E-state index contributed by atoms with van der Waals surface area (Å²) in [6.45, 7) is 3.96. The summed E-state index contributed by atoms with van der Waals surface area (Å²) in [6.07, 6.45) is 2.06. The molecule has 168 valence electrons. The van der Waals surface area contributed by atoms with Crippen molar-refractivity contribution in [1.29, 1.82) is 0 Å². The van der Waals surface area contributed by atoms with E-state index in [1.54, 1.807) is 31.4 Å². The number of carbonyl (C=O) groups is 1. The van der Waals surface area contributed by atoms with Crippen LogP contribution in [0.3, 0.4) is 0 Å². The molecule has 0 bridgehead atoms. The molecule has 0 spiro atoms. The highest BCUT2D eigenvalue weighted by Crippen LogP contribution is 2.32. The number of carbonyl (C=O) groups excluding carboxylic acids is 1. The zero-order valence-corrected chi connectivity index (χ0v) is 18.5. The molecule has 6 nitrogen and oxygen atoms in total. The lowest BCUT2D eigenvalue weighted by molar-refractivity contribution is -0.921. The molecule has 31 heavy (non-hydrogen) atoms. The molecule has 3 rings (SSSR count). The fourth-order valence-electron chi connectivity index (χ4n) is 4.29. The van der Waals surface area contributed by atoms with Crippen LogP contribution in [0.1, 0.15) is 24.0 Å². The van der Waals surface area contributed by atoms with Gasteiger partial charge >= 0.3 is 5.97 Å². The predicted molar refractivity (Wildman–Crippen MR) is 118 cm³/mol. The van der Waals surface area contributed by atoms with Crippen LogP contribution >= 0.6 is 0 Å². The first kappa shape index (κ1) is 23.4. The zero-order chi connectivity index (χ0) is 22.2. The van der Waals surface area contributed by atoms with Gasteiger partial charge in [0.05, 0.1) is 33.4 Å². The third-order valence-corrected chi connectivity index (χ3v) is 6.35. The molecule has 6 heteroatoms. The third kappa shape index (κ3) is 5.52. The van der Waals surface area contributed by atoms with Gasteiger partial charge < -0.3 is 23.8 Å². The summed E-state index contributed by atoms with van der Waals surface area (Å²) >= 11 is 0. The Morgan fingerprint density at radius 2 is 1.65 bits per heavy atom. The van der Waals surface area contributed by atoms with Gasteiger partial charge in [0.25, 0.3) is 0 Å². The number of methoxy groups -OCH3 is 1. The van der Waals surface area contributed by atoms with Gasteiger partial charge in [-0.1, -0.05) is 60.7 Å². The number of ether oxygens (including phenoxy) is 3. The van der Waals surface area contributed by atoms with Gasteiger partial charge in [-0.3, -0.25) is 0 Å². The van der Waals surface area contributed by atoms with Gasteiger partial charge in [-0.25, -0.2) is 4.79 Å². The maximum atomic E-state index is 13.2. The molecule has 1 aliphatic heterocycles. The number of nitrogens with zero attached hydrogens (tertiary/aromatic N) is 1. The van der Waals surface area contributed by atoms with Gasteiger partial charge in [-0.2, -0.15) is 0 Å². The van der Waals surface area contributed by atoms with Crippen molar-refractivity contribution in [2.75, 3.05) is 53.7 Å². The fourth-order valence-corrected chi connectivity index (χ4v) is 4.29. The van der Waals surface area contributed by atoms with E-state index in [0.29, 0.717) is 30.9 Å². The summed E-state index contributed by atoms with van der Waals surface area (Å²) < 4.78 is 17.3. The van der Waals surface area contributed by atoms with E-state index in [0.717, 1.165) is 30.4 Å². The fraction of sp³-hybridized carbons (Fsp3) is 0.480. The average Bonchev–Trinajstić information content (AvgIpc) is 3.18. The maximum absolute atomic E-state index is 13.2. The summed E-state index contributed by atoms with van der Waals surface area (Å²) in [4.78, 5) is 13.2. The number of benzene rings is 2. The van der Waals surface area contributed by atoms with Crippen molar-refractivity contribution in [2.45, 2.75) is 24.5 Å². The molecule has 1 N–H and O–H groups in total.